The number of nitrogens with one attached hydrogen (secondary N) is 2. The molecule has 10 nitrogen and oxygen atoms in total. The number of piperidine rings is 1. The van der Waals surface area contributed by atoms with E-state index in [1.165, 1.54) is 0 Å². The number of anilines is 2. The van der Waals surface area contributed by atoms with E-state index in [0.717, 1.165) is 32.1 Å². The van der Waals surface area contributed by atoms with Crippen molar-refractivity contribution in [3.05, 3.63) is 47.3 Å². The fraction of sp³-hybridized carbons (Fsp3) is 0.536. The maximum Gasteiger partial charge on any atom is 0.419 e. The van der Waals surface area contributed by atoms with Crippen molar-refractivity contribution >= 4 is 29.4 Å². The first kappa shape index (κ1) is 30.2. The molecule has 2 atom stereocenters. The zero-order valence-electron chi connectivity index (χ0n) is 23.2. The Morgan fingerprint density at radius 3 is 2.41 bits per heavy atom. The number of rotatable bonds is 9. The van der Waals surface area contributed by atoms with Crippen LogP contribution in [0.25, 0.3) is 0 Å². The molecule has 1 aliphatic carbocycles. The van der Waals surface area contributed by atoms with Crippen LogP contribution in [0, 0.1) is 11.8 Å². The number of aromatic nitrogens is 2. The van der Waals surface area contributed by atoms with Crippen LogP contribution in [0.4, 0.5) is 24.8 Å². The molecule has 0 bridgehead atoms. The second-order valence-corrected chi connectivity index (χ2v) is 10.9. The minimum atomic E-state index is -4.67. The second-order valence-electron chi connectivity index (χ2n) is 10.9. The maximum atomic E-state index is 13.8. The number of amides is 3. The molecule has 1 aromatic carbocycles. The summed E-state index contributed by atoms with van der Waals surface area (Å²) in [6, 6.07) is 6.81. The average Bonchev–Trinajstić information content (AvgIpc) is 3.39. The van der Waals surface area contributed by atoms with Gasteiger partial charge in [-0.1, -0.05) is 6.42 Å². The summed E-state index contributed by atoms with van der Waals surface area (Å²) in [4.78, 5) is 48.6. The number of primary amides is 1. The van der Waals surface area contributed by atoms with Crippen LogP contribution in [0.3, 0.4) is 0 Å². The lowest BCUT2D eigenvalue weighted by Gasteiger charge is -2.35. The van der Waals surface area contributed by atoms with Gasteiger partial charge in [-0.2, -0.15) is 13.2 Å². The van der Waals surface area contributed by atoms with Crippen molar-refractivity contribution in [1.82, 2.24) is 25.1 Å². The van der Waals surface area contributed by atoms with Crippen LogP contribution < -0.4 is 16.4 Å². The zero-order valence-corrected chi connectivity index (χ0v) is 23.2. The predicted molar refractivity (Wildman–Crippen MR) is 146 cm³/mol. The Hall–Kier alpha value is -3.74. The van der Waals surface area contributed by atoms with E-state index in [-0.39, 0.29) is 42.5 Å². The molecule has 1 aromatic heterocycles. The predicted octanol–water partition coefficient (Wildman–Crippen LogP) is 2.97. The third kappa shape index (κ3) is 7.72. The van der Waals surface area contributed by atoms with Gasteiger partial charge in [0.25, 0.3) is 5.91 Å². The van der Waals surface area contributed by atoms with Gasteiger partial charge in [-0.3, -0.25) is 14.4 Å². The first-order valence-corrected chi connectivity index (χ1v) is 13.7. The maximum absolute atomic E-state index is 13.8. The lowest BCUT2D eigenvalue weighted by molar-refractivity contribution is -0.138. The molecule has 41 heavy (non-hydrogen) atoms. The highest BCUT2D eigenvalue weighted by Crippen LogP contribution is 2.38. The molecule has 4 N–H and O–H groups in total. The van der Waals surface area contributed by atoms with Crippen molar-refractivity contribution in [3.8, 4) is 0 Å². The minimum absolute atomic E-state index is 0.0248. The summed E-state index contributed by atoms with van der Waals surface area (Å²) in [5.74, 6) is -2.13. The lowest BCUT2D eigenvalue weighted by Crippen LogP contribution is -2.44. The highest BCUT2D eigenvalue weighted by atomic mass is 19.4. The molecule has 4 rings (SSSR count). The normalized spacial score (nSPS) is 20.0. The summed E-state index contributed by atoms with van der Waals surface area (Å²) in [5, 5.41) is 5.39. The van der Waals surface area contributed by atoms with Crippen molar-refractivity contribution in [3.63, 3.8) is 0 Å². The summed E-state index contributed by atoms with van der Waals surface area (Å²) < 4.78 is 41.4. The number of benzene rings is 1. The molecule has 13 heteroatoms. The van der Waals surface area contributed by atoms with Crippen molar-refractivity contribution in [1.29, 1.82) is 0 Å². The molecular weight excluding hydrogens is 539 g/mol. The van der Waals surface area contributed by atoms with E-state index in [9.17, 15) is 27.6 Å². The van der Waals surface area contributed by atoms with E-state index in [2.05, 4.69) is 32.5 Å². The Labute approximate surface area is 236 Å². The number of likely N-dealkylation sites (tertiary alicyclic amines) is 1. The molecular formula is C28H36F3N7O3. The van der Waals surface area contributed by atoms with Gasteiger partial charge in [0, 0.05) is 36.5 Å². The van der Waals surface area contributed by atoms with Gasteiger partial charge in [-0.25, -0.2) is 9.97 Å². The van der Waals surface area contributed by atoms with Gasteiger partial charge in [-0.15, -0.1) is 0 Å². The van der Waals surface area contributed by atoms with Gasteiger partial charge in [0.1, 0.15) is 0 Å². The fourth-order valence-corrected chi connectivity index (χ4v) is 5.63. The number of halogens is 3. The van der Waals surface area contributed by atoms with Crippen LogP contribution in [-0.4, -0.2) is 77.3 Å². The Morgan fingerprint density at radius 1 is 1.10 bits per heavy atom. The Morgan fingerprint density at radius 2 is 1.78 bits per heavy atom. The number of nitrogens with zero attached hydrogens (tertiary/aromatic N) is 4. The molecule has 1 saturated heterocycles. The highest BCUT2D eigenvalue weighted by Gasteiger charge is 2.39. The molecule has 2 heterocycles. The van der Waals surface area contributed by atoms with Crippen LogP contribution in [0.15, 0.2) is 30.5 Å². The number of alkyl halides is 3. The van der Waals surface area contributed by atoms with Crippen molar-refractivity contribution in [2.75, 3.05) is 39.0 Å². The molecule has 2 aromatic rings. The molecule has 0 unspecified atom stereocenters. The summed E-state index contributed by atoms with van der Waals surface area (Å²) in [7, 11) is 3.87. The number of carbonyl (C=O) groups excluding carboxylic acids is 3. The van der Waals surface area contributed by atoms with Crippen LogP contribution in [-0.2, 0) is 22.2 Å². The van der Waals surface area contributed by atoms with Gasteiger partial charge in [0.2, 0.25) is 17.8 Å². The Bertz CT molecular complexity index is 1250. The van der Waals surface area contributed by atoms with E-state index in [0.29, 0.717) is 30.5 Å². The summed E-state index contributed by atoms with van der Waals surface area (Å²) >= 11 is 0. The molecule has 3 amide bonds. The van der Waals surface area contributed by atoms with E-state index in [1.807, 2.05) is 0 Å². The summed E-state index contributed by atoms with van der Waals surface area (Å²) in [5.41, 5.74) is 4.95. The third-order valence-corrected chi connectivity index (χ3v) is 8.01. The first-order valence-electron chi connectivity index (χ1n) is 13.7. The minimum Gasteiger partial charge on any atom is -0.368 e. The van der Waals surface area contributed by atoms with E-state index >= 15 is 0 Å². The van der Waals surface area contributed by atoms with Gasteiger partial charge in [0.15, 0.2) is 0 Å². The molecule has 2 aliphatic rings. The second kappa shape index (κ2) is 12.8. The molecule has 1 aliphatic heterocycles. The smallest absolute Gasteiger partial charge is 0.368 e. The summed E-state index contributed by atoms with van der Waals surface area (Å²) in [6.45, 7) is 1.55. The zero-order chi connectivity index (χ0) is 29.7. The van der Waals surface area contributed by atoms with Crippen molar-refractivity contribution in [2.24, 2.45) is 17.6 Å². The third-order valence-electron chi connectivity index (χ3n) is 8.01. The van der Waals surface area contributed by atoms with Gasteiger partial charge < -0.3 is 26.2 Å². The van der Waals surface area contributed by atoms with Gasteiger partial charge in [0.05, 0.1) is 17.8 Å². The number of hydrogen-bond donors (Lipinski definition) is 3. The highest BCUT2D eigenvalue weighted by molar-refractivity contribution is 5.94. The first-order chi connectivity index (χ1) is 19.4. The van der Waals surface area contributed by atoms with Crippen LogP contribution in [0.2, 0.25) is 0 Å². The van der Waals surface area contributed by atoms with Gasteiger partial charge in [-0.05, 0) is 82.4 Å². The number of hydrogen-bond acceptors (Lipinski definition) is 7. The molecule has 0 radical (unpaired) electrons. The Balaban J connectivity index is 1.46. The van der Waals surface area contributed by atoms with Crippen molar-refractivity contribution < 1.29 is 27.6 Å². The van der Waals surface area contributed by atoms with E-state index in [1.54, 1.807) is 36.2 Å². The largest absolute Gasteiger partial charge is 0.419 e. The summed E-state index contributed by atoms with van der Waals surface area (Å²) in [6.07, 6.45) is -0.442. The number of nitrogens with two attached hydrogens (primary N) is 1. The quantitative estimate of drug-likeness (QED) is 0.419. The van der Waals surface area contributed by atoms with E-state index in [4.69, 9.17) is 5.73 Å². The lowest BCUT2D eigenvalue weighted by atomic mass is 9.89. The fourth-order valence-electron chi connectivity index (χ4n) is 5.63. The molecule has 2 fully saturated rings. The molecule has 0 spiro atoms. The molecule has 1 saturated carbocycles. The van der Waals surface area contributed by atoms with Gasteiger partial charge >= 0.3 is 6.18 Å². The Kier molecular flexibility index (Phi) is 9.46. The average molecular weight is 576 g/mol. The SMILES string of the molecule is CN1CCC(N(C)C(=O)c2ccc(Nc3ncc(C(F)(F)F)c(C[C@@H]4CCC[C@@H]4C(=O)NCC(N)=O)n3)cc2)CC1. The van der Waals surface area contributed by atoms with Crippen LogP contribution >= 0.6 is 0 Å². The van der Waals surface area contributed by atoms with Crippen molar-refractivity contribution in [2.45, 2.75) is 50.7 Å². The van der Waals surface area contributed by atoms with E-state index < -0.39 is 29.5 Å². The van der Waals surface area contributed by atoms with Crippen LogP contribution in [0.5, 0.6) is 0 Å². The standard InChI is InChI=1S/C28H36F3N7O3/c1-37-12-10-20(11-13-37)38(2)26(41)17-6-8-19(9-7-17)35-27-34-15-22(28(29,30)31)23(36-27)14-18-4-3-5-21(18)25(40)33-16-24(32)39/h6-9,15,18,20-21H,3-5,10-14,16H2,1-2H3,(H2,32,39)(H,33,40)(H,34,35,36)/t18-,21-/m0/s1. The monoisotopic (exact) mass is 575 g/mol. The number of carbonyl (C=O) groups is 3. The topological polar surface area (TPSA) is 134 Å². The molecule has 222 valence electrons. The van der Waals surface area contributed by atoms with Crippen LogP contribution in [0.1, 0.15) is 53.7 Å².